The molecule has 0 saturated heterocycles. The SMILES string of the molecule is CCC(CC)c1cc(CNC(=O)C2CCC2)on1. The average Bonchev–Trinajstić information content (AvgIpc) is 2.74. The number of aromatic nitrogens is 1. The highest BCUT2D eigenvalue weighted by Gasteiger charge is 2.25. The summed E-state index contributed by atoms with van der Waals surface area (Å²) in [5.74, 6) is 1.60. The van der Waals surface area contributed by atoms with Gasteiger partial charge in [-0.3, -0.25) is 4.79 Å². The van der Waals surface area contributed by atoms with Gasteiger partial charge in [0.2, 0.25) is 5.91 Å². The zero-order valence-corrected chi connectivity index (χ0v) is 11.2. The Balaban J connectivity index is 1.84. The van der Waals surface area contributed by atoms with E-state index in [2.05, 4.69) is 24.3 Å². The molecule has 0 aliphatic heterocycles. The molecule has 1 aliphatic carbocycles. The molecule has 0 atom stereocenters. The van der Waals surface area contributed by atoms with Crippen LogP contribution < -0.4 is 5.32 Å². The quantitative estimate of drug-likeness (QED) is 0.844. The standard InChI is InChI=1S/C14H22N2O2/c1-3-10(4-2)13-8-12(18-16-13)9-15-14(17)11-6-5-7-11/h8,10-11H,3-7,9H2,1-2H3,(H,15,17). The maximum Gasteiger partial charge on any atom is 0.223 e. The summed E-state index contributed by atoms with van der Waals surface area (Å²) in [7, 11) is 0. The number of rotatable bonds is 6. The predicted molar refractivity (Wildman–Crippen MR) is 69.0 cm³/mol. The number of amides is 1. The van der Waals surface area contributed by atoms with Gasteiger partial charge in [0.15, 0.2) is 5.76 Å². The van der Waals surface area contributed by atoms with Crippen molar-refractivity contribution >= 4 is 5.91 Å². The molecule has 4 heteroatoms. The normalized spacial score (nSPS) is 15.7. The van der Waals surface area contributed by atoms with Crippen LogP contribution in [-0.2, 0) is 11.3 Å². The van der Waals surface area contributed by atoms with Gasteiger partial charge in [-0.25, -0.2) is 0 Å². The lowest BCUT2D eigenvalue weighted by molar-refractivity contribution is -0.127. The maximum atomic E-state index is 11.7. The molecular weight excluding hydrogens is 228 g/mol. The van der Waals surface area contributed by atoms with Crippen LogP contribution in [0, 0.1) is 5.92 Å². The van der Waals surface area contributed by atoms with E-state index in [0.29, 0.717) is 12.5 Å². The molecule has 18 heavy (non-hydrogen) atoms. The lowest BCUT2D eigenvalue weighted by atomic mass is 9.85. The Morgan fingerprint density at radius 2 is 2.22 bits per heavy atom. The number of carbonyl (C=O) groups excluding carboxylic acids is 1. The molecule has 1 aromatic rings. The van der Waals surface area contributed by atoms with Gasteiger partial charge in [-0.2, -0.15) is 0 Å². The van der Waals surface area contributed by atoms with Crippen LogP contribution in [0.25, 0.3) is 0 Å². The third kappa shape index (κ3) is 2.92. The Labute approximate surface area is 108 Å². The molecule has 1 heterocycles. The van der Waals surface area contributed by atoms with Crippen LogP contribution in [0.2, 0.25) is 0 Å². The number of hydrogen-bond donors (Lipinski definition) is 1. The lowest BCUT2D eigenvalue weighted by Crippen LogP contribution is -2.33. The van der Waals surface area contributed by atoms with Crippen LogP contribution in [0.1, 0.15) is 63.3 Å². The Morgan fingerprint density at radius 1 is 1.50 bits per heavy atom. The highest BCUT2D eigenvalue weighted by molar-refractivity contribution is 5.79. The van der Waals surface area contributed by atoms with Gasteiger partial charge in [0.1, 0.15) is 0 Å². The van der Waals surface area contributed by atoms with Crippen molar-refractivity contribution < 1.29 is 9.32 Å². The van der Waals surface area contributed by atoms with Crippen LogP contribution >= 0.6 is 0 Å². The minimum Gasteiger partial charge on any atom is -0.359 e. The largest absolute Gasteiger partial charge is 0.359 e. The molecule has 0 unspecified atom stereocenters. The molecule has 2 rings (SSSR count). The topological polar surface area (TPSA) is 55.1 Å². The first kappa shape index (κ1) is 13.1. The predicted octanol–water partition coefficient (Wildman–Crippen LogP) is 2.99. The van der Waals surface area contributed by atoms with E-state index in [1.807, 2.05) is 6.07 Å². The highest BCUT2D eigenvalue weighted by Crippen LogP contribution is 2.26. The molecule has 4 nitrogen and oxygen atoms in total. The van der Waals surface area contributed by atoms with Crippen molar-refractivity contribution in [3.63, 3.8) is 0 Å². The van der Waals surface area contributed by atoms with Gasteiger partial charge in [0.25, 0.3) is 0 Å². The molecule has 1 saturated carbocycles. The third-order valence-corrected chi connectivity index (χ3v) is 3.89. The summed E-state index contributed by atoms with van der Waals surface area (Å²) in [5, 5.41) is 7.01. The van der Waals surface area contributed by atoms with Gasteiger partial charge in [0.05, 0.1) is 12.2 Å². The van der Waals surface area contributed by atoms with Gasteiger partial charge in [-0.15, -0.1) is 0 Å². The monoisotopic (exact) mass is 250 g/mol. The summed E-state index contributed by atoms with van der Waals surface area (Å²) in [6, 6.07) is 1.97. The number of nitrogens with zero attached hydrogens (tertiary/aromatic N) is 1. The first-order valence-corrected chi connectivity index (χ1v) is 6.97. The molecule has 100 valence electrons. The third-order valence-electron chi connectivity index (χ3n) is 3.89. The molecule has 1 aromatic heterocycles. The summed E-state index contributed by atoms with van der Waals surface area (Å²) < 4.78 is 5.27. The maximum absolute atomic E-state index is 11.7. The summed E-state index contributed by atoms with van der Waals surface area (Å²) in [4.78, 5) is 11.7. The van der Waals surface area contributed by atoms with Crippen molar-refractivity contribution in [3.05, 3.63) is 17.5 Å². The molecule has 1 N–H and O–H groups in total. The zero-order chi connectivity index (χ0) is 13.0. The van der Waals surface area contributed by atoms with Crippen LogP contribution in [0.4, 0.5) is 0 Å². The first-order chi connectivity index (χ1) is 8.74. The highest BCUT2D eigenvalue weighted by atomic mass is 16.5. The van der Waals surface area contributed by atoms with Crippen LogP contribution in [0.3, 0.4) is 0 Å². The lowest BCUT2D eigenvalue weighted by Gasteiger charge is -2.23. The van der Waals surface area contributed by atoms with E-state index in [9.17, 15) is 4.79 Å². The Hall–Kier alpha value is -1.32. The number of nitrogens with one attached hydrogen (secondary N) is 1. The van der Waals surface area contributed by atoms with Crippen molar-refractivity contribution in [2.75, 3.05) is 0 Å². The molecule has 0 spiro atoms. The van der Waals surface area contributed by atoms with Crippen molar-refractivity contribution in [3.8, 4) is 0 Å². The minimum atomic E-state index is 0.154. The van der Waals surface area contributed by atoms with E-state index >= 15 is 0 Å². The Kier molecular flexibility index (Phi) is 4.39. The molecule has 0 aromatic carbocycles. The second-order valence-corrected chi connectivity index (χ2v) is 5.08. The summed E-state index contributed by atoms with van der Waals surface area (Å²) in [6.07, 6.45) is 5.37. The fraction of sp³-hybridized carbons (Fsp3) is 0.714. The van der Waals surface area contributed by atoms with Crippen LogP contribution in [-0.4, -0.2) is 11.1 Å². The van der Waals surface area contributed by atoms with Gasteiger partial charge in [-0.05, 0) is 25.7 Å². The second-order valence-electron chi connectivity index (χ2n) is 5.08. The average molecular weight is 250 g/mol. The molecule has 0 radical (unpaired) electrons. The summed E-state index contributed by atoms with van der Waals surface area (Å²) >= 11 is 0. The van der Waals surface area contributed by atoms with Gasteiger partial charge in [0, 0.05) is 17.9 Å². The first-order valence-electron chi connectivity index (χ1n) is 6.97. The van der Waals surface area contributed by atoms with E-state index in [4.69, 9.17) is 4.52 Å². The number of carbonyl (C=O) groups is 1. The van der Waals surface area contributed by atoms with Crippen molar-refractivity contribution in [2.24, 2.45) is 5.92 Å². The molecule has 1 amide bonds. The number of hydrogen-bond acceptors (Lipinski definition) is 3. The van der Waals surface area contributed by atoms with E-state index in [0.717, 1.165) is 37.1 Å². The van der Waals surface area contributed by atoms with E-state index < -0.39 is 0 Å². The fourth-order valence-electron chi connectivity index (χ4n) is 2.30. The Bertz CT molecular complexity index is 392. The van der Waals surface area contributed by atoms with E-state index in [1.54, 1.807) is 0 Å². The van der Waals surface area contributed by atoms with E-state index in [1.165, 1.54) is 6.42 Å². The van der Waals surface area contributed by atoms with E-state index in [-0.39, 0.29) is 11.8 Å². The smallest absolute Gasteiger partial charge is 0.223 e. The van der Waals surface area contributed by atoms with Gasteiger partial charge >= 0.3 is 0 Å². The molecule has 1 fully saturated rings. The summed E-state index contributed by atoms with van der Waals surface area (Å²) in [5.41, 5.74) is 1.01. The second kappa shape index (κ2) is 6.03. The van der Waals surface area contributed by atoms with Crippen LogP contribution in [0.15, 0.2) is 10.6 Å². The van der Waals surface area contributed by atoms with Gasteiger partial charge < -0.3 is 9.84 Å². The van der Waals surface area contributed by atoms with Crippen molar-refractivity contribution in [1.29, 1.82) is 0 Å². The molecule has 0 bridgehead atoms. The Morgan fingerprint density at radius 3 is 2.78 bits per heavy atom. The zero-order valence-electron chi connectivity index (χ0n) is 11.2. The van der Waals surface area contributed by atoms with Crippen molar-refractivity contribution in [2.45, 2.75) is 58.4 Å². The summed E-state index contributed by atoms with van der Waals surface area (Å²) in [6.45, 7) is 4.77. The van der Waals surface area contributed by atoms with Gasteiger partial charge in [-0.1, -0.05) is 25.4 Å². The molecule has 1 aliphatic rings. The minimum absolute atomic E-state index is 0.154. The fourth-order valence-corrected chi connectivity index (χ4v) is 2.30. The van der Waals surface area contributed by atoms with Crippen molar-refractivity contribution in [1.82, 2.24) is 10.5 Å². The molecular formula is C14H22N2O2. The van der Waals surface area contributed by atoms with Crippen LogP contribution in [0.5, 0.6) is 0 Å².